The van der Waals surface area contributed by atoms with E-state index >= 15 is 0 Å². The number of para-hydroxylation sites is 1. The van der Waals surface area contributed by atoms with Crippen LogP contribution in [0.25, 0.3) is 11.0 Å². The van der Waals surface area contributed by atoms with E-state index in [1.54, 1.807) is 13.0 Å². The Morgan fingerprint density at radius 2 is 1.85 bits per heavy atom. The number of carbonyl (C=O) groups excluding carboxylic acids is 2. The van der Waals surface area contributed by atoms with Crippen LogP contribution in [0.5, 0.6) is 0 Å². The Bertz CT molecular complexity index is 964. The van der Waals surface area contributed by atoms with Crippen molar-refractivity contribution in [2.24, 2.45) is 0 Å². The van der Waals surface area contributed by atoms with Gasteiger partial charge in [0.25, 0.3) is 5.91 Å². The van der Waals surface area contributed by atoms with Crippen molar-refractivity contribution in [1.82, 2.24) is 5.32 Å². The van der Waals surface area contributed by atoms with Crippen molar-refractivity contribution >= 4 is 22.8 Å². The number of ether oxygens (including phenoxy) is 1. The molecule has 5 nitrogen and oxygen atoms in total. The number of esters is 1. The molecule has 3 rings (SSSR count). The monoisotopic (exact) mass is 359 g/mol. The Kier molecular flexibility index (Phi) is 4.97. The molecule has 0 radical (unpaired) electrons. The zero-order chi connectivity index (χ0) is 18.7. The highest BCUT2D eigenvalue weighted by Crippen LogP contribution is 2.27. The van der Waals surface area contributed by atoms with Crippen LogP contribution in [0.4, 0.5) is 8.78 Å². The Morgan fingerprint density at radius 3 is 2.54 bits per heavy atom. The minimum absolute atomic E-state index is 0.0299. The summed E-state index contributed by atoms with van der Waals surface area (Å²) in [5.41, 5.74) is 1.11. The van der Waals surface area contributed by atoms with Gasteiger partial charge in [0.1, 0.15) is 5.82 Å². The Hall–Kier alpha value is -3.22. The third-order valence-electron chi connectivity index (χ3n) is 3.84. The van der Waals surface area contributed by atoms with Crippen molar-refractivity contribution in [2.45, 2.75) is 13.5 Å². The molecule has 1 amide bonds. The minimum Gasteiger partial charge on any atom is -0.450 e. The number of carbonyl (C=O) groups is 2. The van der Waals surface area contributed by atoms with Crippen LogP contribution in [-0.4, -0.2) is 18.5 Å². The number of furan rings is 1. The Balaban J connectivity index is 1.58. The van der Waals surface area contributed by atoms with Gasteiger partial charge in [0.05, 0.1) is 0 Å². The first kappa shape index (κ1) is 17.6. The van der Waals surface area contributed by atoms with Gasteiger partial charge in [-0.2, -0.15) is 0 Å². The summed E-state index contributed by atoms with van der Waals surface area (Å²) in [5, 5.41) is 3.02. The molecule has 1 heterocycles. The summed E-state index contributed by atoms with van der Waals surface area (Å²) in [4.78, 5) is 23.9. The number of aryl methyl sites for hydroxylation is 1. The second-order valence-electron chi connectivity index (χ2n) is 5.65. The molecule has 134 valence electrons. The van der Waals surface area contributed by atoms with Crippen LogP contribution in [0.2, 0.25) is 0 Å². The number of benzene rings is 2. The van der Waals surface area contributed by atoms with Crippen molar-refractivity contribution < 1.29 is 27.5 Å². The highest BCUT2D eigenvalue weighted by molar-refractivity contribution is 5.96. The molecule has 3 aromatic rings. The fourth-order valence-electron chi connectivity index (χ4n) is 2.45. The molecule has 0 unspecified atom stereocenters. The summed E-state index contributed by atoms with van der Waals surface area (Å²) in [7, 11) is 0. The third kappa shape index (κ3) is 3.72. The van der Waals surface area contributed by atoms with Crippen molar-refractivity contribution in [1.29, 1.82) is 0 Å². The van der Waals surface area contributed by atoms with Crippen LogP contribution in [0.3, 0.4) is 0 Å². The molecule has 0 aliphatic rings. The summed E-state index contributed by atoms with van der Waals surface area (Å²) in [6.45, 7) is 1.26. The van der Waals surface area contributed by atoms with Gasteiger partial charge in [-0.15, -0.1) is 0 Å². The highest BCUT2D eigenvalue weighted by Gasteiger charge is 2.21. The summed E-state index contributed by atoms with van der Waals surface area (Å²) in [5.74, 6) is -2.47. The zero-order valence-corrected chi connectivity index (χ0v) is 13.8. The van der Waals surface area contributed by atoms with Gasteiger partial charge in [0, 0.05) is 17.5 Å². The third-order valence-corrected chi connectivity index (χ3v) is 3.84. The number of halogens is 2. The van der Waals surface area contributed by atoms with Crippen LogP contribution in [-0.2, 0) is 16.1 Å². The van der Waals surface area contributed by atoms with Gasteiger partial charge in [0.15, 0.2) is 18.0 Å². The summed E-state index contributed by atoms with van der Waals surface area (Å²) < 4.78 is 36.7. The average molecular weight is 359 g/mol. The molecule has 1 aromatic heterocycles. The number of rotatable bonds is 5. The lowest BCUT2D eigenvalue weighted by Crippen LogP contribution is -2.28. The number of hydrogen-bond donors (Lipinski definition) is 1. The van der Waals surface area contributed by atoms with Crippen molar-refractivity contribution in [3.63, 3.8) is 0 Å². The van der Waals surface area contributed by atoms with E-state index in [2.05, 4.69) is 5.32 Å². The zero-order valence-electron chi connectivity index (χ0n) is 13.8. The van der Waals surface area contributed by atoms with Crippen LogP contribution >= 0.6 is 0 Å². The molecule has 0 aliphatic carbocycles. The molecular weight excluding hydrogens is 344 g/mol. The number of hydrogen-bond acceptors (Lipinski definition) is 4. The number of fused-ring (bicyclic) bond motifs is 1. The lowest BCUT2D eigenvalue weighted by Gasteiger charge is -2.06. The lowest BCUT2D eigenvalue weighted by atomic mass is 10.1. The average Bonchev–Trinajstić information content (AvgIpc) is 2.98. The topological polar surface area (TPSA) is 68.5 Å². The number of nitrogens with one attached hydrogen (secondary N) is 1. The van der Waals surface area contributed by atoms with Gasteiger partial charge >= 0.3 is 5.97 Å². The fraction of sp³-hybridized carbons (Fsp3) is 0.158. The maximum absolute atomic E-state index is 13.7. The quantitative estimate of drug-likeness (QED) is 0.708. The predicted octanol–water partition coefficient (Wildman–Crippen LogP) is 3.49. The van der Waals surface area contributed by atoms with E-state index < -0.39 is 24.3 Å². The molecule has 0 saturated carbocycles. The Morgan fingerprint density at radius 1 is 1.12 bits per heavy atom. The van der Waals surface area contributed by atoms with Crippen molar-refractivity contribution in [2.75, 3.05) is 6.61 Å². The van der Waals surface area contributed by atoms with Crippen LogP contribution < -0.4 is 5.32 Å². The molecule has 0 aliphatic heterocycles. The normalized spacial score (nSPS) is 10.7. The van der Waals surface area contributed by atoms with Crippen molar-refractivity contribution in [3.8, 4) is 0 Å². The highest BCUT2D eigenvalue weighted by atomic mass is 19.1. The molecule has 0 spiro atoms. The Labute approximate surface area is 147 Å². The standard InChI is InChI=1S/C19H15F2NO4/c1-11-14-3-2-4-15(21)18(14)26-17(11)19(24)25-10-16(23)22-9-12-5-7-13(20)8-6-12/h2-8H,9-10H2,1H3,(H,22,23). The number of amides is 1. The first-order valence-corrected chi connectivity index (χ1v) is 7.81. The van der Waals surface area contributed by atoms with E-state index in [9.17, 15) is 18.4 Å². The van der Waals surface area contributed by atoms with Crippen molar-refractivity contribution in [3.05, 3.63) is 71.0 Å². The second-order valence-corrected chi connectivity index (χ2v) is 5.65. The van der Waals surface area contributed by atoms with E-state index in [4.69, 9.17) is 9.15 Å². The molecule has 7 heteroatoms. The first-order chi connectivity index (χ1) is 12.5. The van der Waals surface area contributed by atoms with Gasteiger partial charge in [0.2, 0.25) is 5.76 Å². The molecule has 26 heavy (non-hydrogen) atoms. The van der Waals surface area contributed by atoms with E-state index in [0.29, 0.717) is 16.5 Å². The molecule has 2 aromatic carbocycles. The second kappa shape index (κ2) is 7.35. The van der Waals surface area contributed by atoms with E-state index in [-0.39, 0.29) is 23.7 Å². The van der Waals surface area contributed by atoms with Crippen LogP contribution in [0.15, 0.2) is 46.9 Å². The molecule has 1 N–H and O–H groups in total. The molecule has 0 atom stereocenters. The summed E-state index contributed by atoms with van der Waals surface area (Å²) >= 11 is 0. The van der Waals surface area contributed by atoms with E-state index in [0.717, 1.165) is 0 Å². The van der Waals surface area contributed by atoms with Gasteiger partial charge in [-0.25, -0.2) is 13.6 Å². The fourth-order valence-corrected chi connectivity index (χ4v) is 2.45. The lowest BCUT2D eigenvalue weighted by molar-refractivity contribution is -0.124. The molecular formula is C19H15F2NO4. The van der Waals surface area contributed by atoms with Crippen LogP contribution in [0, 0.1) is 18.6 Å². The molecule has 0 saturated heterocycles. The summed E-state index contributed by atoms with van der Waals surface area (Å²) in [6.07, 6.45) is 0. The maximum atomic E-state index is 13.7. The maximum Gasteiger partial charge on any atom is 0.375 e. The summed E-state index contributed by atoms with van der Waals surface area (Å²) in [6, 6.07) is 10.0. The SMILES string of the molecule is Cc1c(C(=O)OCC(=O)NCc2ccc(F)cc2)oc2c(F)cccc12. The van der Waals surface area contributed by atoms with Gasteiger partial charge in [-0.3, -0.25) is 4.79 Å². The smallest absolute Gasteiger partial charge is 0.375 e. The molecule has 0 fully saturated rings. The predicted molar refractivity (Wildman–Crippen MR) is 89.4 cm³/mol. The van der Waals surface area contributed by atoms with Gasteiger partial charge in [-0.05, 0) is 30.7 Å². The van der Waals surface area contributed by atoms with Gasteiger partial charge < -0.3 is 14.5 Å². The molecule has 0 bridgehead atoms. The van der Waals surface area contributed by atoms with Crippen LogP contribution in [0.1, 0.15) is 21.7 Å². The van der Waals surface area contributed by atoms with E-state index in [1.807, 2.05) is 0 Å². The first-order valence-electron chi connectivity index (χ1n) is 7.81. The van der Waals surface area contributed by atoms with E-state index in [1.165, 1.54) is 36.4 Å². The minimum atomic E-state index is -0.852. The van der Waals surface area contributed by atoms with Gasteiger partial charge in [-0.1, -0.05) is 24.3 Å². The largest absolute Gasteiger partial charge is 0.450 e.